The third-order valence-corrected chi connectivity index (χ3v) is 2.86. The van der Waals surface area contributed by atoms with Gasteiger partial charge in [-0.3, -0.25) is 9.78 Å². The number of rotatable bonds is 3. The van der Waals surface area contributed by atoms with Gasteiger partial charge in [-0.15, -0.1) is 0 Å². The molecule has 104 valence electrons. The zero-order valence-electron chi connectivity index (χ0n) is 11.4. The van der Waals surface area contributed by atoms with Crippen molar-refractivity contribution in [3.8, 4) is 0 Å². The number of carbonyl (C=O) groups excluding carboxylic acids is 1. The van der Waals surface area contributed by atoms with Gasteiger partial charge in [0.1, 0.15) is 5.52 Å². The van der Waals surface area contributed by atoms with Crippen LogP contribution in [0.25, 0.3) is 17.2 Å². The number of oxazole rings is 1. The molecule has 1 amide bonds. The molecule has 0 spiro atoms. The van der Waals surface area contributed by atoms with Crippen LogP contribution >= 0.6 is 0 Å². The third-order valence-electron chi connectivity index (χ3n) is 2.86. The van der Waals surface area contributed by atoms with E-state index in [0.29, 0.717) is 17.2 Å². The summed E-state index contributed by atoms with van der Waals surface area (Å²) in [7, 11) is 0. The molecule has 2 aromatic heterocycles. The highest BCUT2D eigenvalue weighted by Gasteiger charge is 2.04. The minimum absolute atomic E-state index is 0.226. The van der Waals surface area contributed by atoms with E-state index in [9.17, 15) is 4.79 Å². The maximum Gasteiger partial charge on any atom is 0.248 e. The quantitative estimate of drug-likeness (QED) is 0.748. The van der Waals surface area contributed by atoms with Crippen molar-refractivity contribution in [1.29, 1.82) is 0 Å². The Hall–Kier alpha value is -2.95. The molecule has 0 saturated heterocycles. The summed E-state index contributed by atoms with van der Waals surface area (Å²) in [6, 6.07) is 10.9. The van der Waals surface area contributed by atoms with Gasteiger partial charge in [0.05, 0.1) is 5.69 Å². The van der Waals surface area contributed by atoms with Gasteiger partial charge < -0.3 is 9.73 Å². The van der Waals surface area contributed by atoms with Gasteiger partial charge >= 0.3 is 0 Å². The fourth-order valence-electron chi connectivity index (χ4n) is 1.94. The summed E-state index contributed by atoms with van der Waals surface area (Å²) in [5.74, 6) is 0.375. The lowest BCUT2D eigenvalue weighted by molar-refractivity contribution is -0.111. The van der Waals surface area contributed by atoms with Gasteiger partial charge in [-0.2, -0.15) is 0 Å². The van der Waals surface area contributed by atoms with Crippen molar-refractivity contribution in [2.75, 3.05) is 5.32 Å². The van der Waals surface area contributed by atoms with Crippen LogP contribution in [0.3, 0.4) is 0 Å². The first-order chi connectivity index (χ1) is 10.2. The number of aryl methyl sites for hydroxylation is 1. The van der Waals surface area contributed by atoms with Crippen molar-refractivity contribution in [3.05, 3.63) is 60.3 Å². The maximum absolute atomic E-state index is 11.9. The summed E-state index contributed by atoms with van der Waals surface area (Å²) in [4.78, 5) is 20.2. The van der Waals surface area contributed by atoms with Crippen LogP contribution in [0.2, 0.25) is 0 Å². The van der Waals surface area contributed by atoms with Crippen molar-refractivity contribution in [2.45, 2.75) is 6.92 Å². The number of hydrogen-bond donors (Lipinski definition) is 1. The van der Waals surface area contributed by atoms with Gasteiger partial charge in [0, 0.05) is 31.0 Å². The molecule has 3 aromatic rings. The van der Waals surface area contributed by atoms with E-state index in [1.807, 2.05) is 24.3 Å². The molecule has 2 heterocycles. The zero-order chi connectivity index (χ0) is 14.7. The van der Waals surface area contributed by atoms with Crippen LogP contribution in [0.5, 0.6) is 0 Å². The fourth-order valence-corrected chi connectivity index (χ4v) is 1.94. The van der Waals surface area contributed by atoms with Crippen LogP contribution in [-0.2, 0) is 4.79 Å². The van der Waals surface area contributed by atoms with Gasteiger partial charge in [0.15, 0.2) is 11.5 Å². The molecule has 0 atom stereocenters. The average molecular weight is 279 g/mol. The predicted octanol–water partition coefficient (Wildman–Crippen LogP) is 3.18. The average Bonchev–Trinajstić information content (AvgIpc) is 2.85. The van der Waals surface area contributed by atoms with E-state index in [0.717, 1.165) is 11.2 Å². The second kappa shape index (κ2) is 5.58. The number of aromatic nitrogens is 2. The van der Waals surface area contributed by atoms with E-state index in [1.165, 1.54) is 6.08 Å². The summed E-state index contributed by atoms with van der Waals surface area (Å²) in [5, 5.41) is 2.77. The summed E-state index contributed by atoms with van der Waals surface area (Å²) in [5.41, 5.74) is 2.82. The van der Waals surface area contributed by atoms with Crippen molar-refractivity contribution in [1.82, 2.24) is 9.97 Å². The monoisotopic (exact) mass is 279 g/mol. The Morgan fingerprint density at radius 2 is 2.19 bits per heavy atom. The second-order valence-corrected chi connectivity index (χ2v) is 4.49. The molecule has 1 aromatic carbocycles. The lowest BCUT2D eigenvalue weighted by atomic mass is 10.2. The summed E-state index contributed by atoms with van der Waals surface area (Å²) < 4.78 is 5.43. The highest BCUT2D eigenvalue weighted by atomic mass is 16.3. The number of nitrogens with one attached hydrogen (secondary N) is 1. The van der Waals surface area contributed by atoms with E-state index in [4.69, 9.17) is 4.42 Å². The van der Waals surface area contributed by atoms with Crippen LogP contribution in [-0.4, -0.2) is 15.9 Å². The highest BCUT2D eigenvalue weighted by Crippen LogP contribution is 2.19. The zero-order valence-corrected chi connectivity index (χ0v) is 11.4. The molecule has 0 saturated carbocycles. The molecular formula is C16H13N3O2. The van der Waals surface area contributed by atoms with E-state index in [1.54, 1.807) is 31.3 Å². The molecule has 3 rings (SSSR count). The minimum atomic E-state index is -0.226. The molecule has 21 heavy (non-hydrogen) atoms. The first-order valence-corrected chi connectivity index (χ1v) is 6.48. The standard InChI is InChI=1S/C16H13N3O2/c1-11-18-14-7-5-13(10-15(14)21-11)19-16(20)8-6-12-4-2-3-9-17-12/h2-10H,1H3,(H,19,20). The van der Waals surface area contributed by atoms with Crippen molar-refractivity contribution in [3.63, 3.8) is 0 Å². The Bertz CT molecular complexity index is 807. The fraction of sp³-hybridized carbons (Fsp3) is 0.0625. The number of amides is 1. The lowest BCUT2D eigenvalue weighted by Gasteiger charge is -2.01. The summed E-state index contributed by atoms with van der Waals surface area (Å²) in [6.07, 6.45) is 4.78. The van der Waals surface area contributed by atoms with Crippen molar-refractivity contribution in [2.24, 2.45) is 0 Å². The molecule has 0 fully saturated rings. The summed E-state index contributed by atoms with van der Waals surface area (Å²) >= 11 is 0. The first-order valence-electron chi connectivity index (χ1n) is 6.48. The summed E-state index contributed by atoms with van der Waals surface area (Å²) in [6.45, 7) is 1.79. The first kappa shape index (κ1) is 13.1. The van der Waals surface area contributed by atoms with Gasteiger partial charge in [-0.25, -0.2) is 4.98 Å². The molecule has 0 aliphatic heterocycles. The molecule has 0 aliphatic carbocycles. The highest BCUT2D eigenvalue weighted by molar-refractivity contribution is 6.02. The number of nitrogens with zero attached hydrogens (tertiary/aromatic N) is 2. The topological polar surface area (TPSA) is 68.0 Å². The van der Waals surface area contributed by atoms with Crippen molar-refractivity contribution < 1.29 is 9.21 Å². The minimum Gasteiger partial charge on any atom is -0.441 e. The SMILES string of the molecule is Cc1nc2ccc(NC(=O)C=Cc3ccccn3)cc2o1. The van der Waals surface area contributed by atoms with E-state index < -0.39 is 0 Å². The number of benzene rings is 1. The van der Waals surface area contributed by atoms with Gasteiger partial charge in [0.25, 0.3) is 0 Å². The maximum atomic E-state index is 11.9. The van der Waals surface area contributed by atoms with Crippen LogP contribution < -0.4 is 5.32 Å². The molecule has 0 bridgehead atoms. The predicted molar refractivity (Wildman–Crippen MR) is 80.6 cm³/mol. The Labute approximate surface area is 121 Å². The van der Waals surface area contributed by atoms with E-state index in [2.05, 4.69) is 15.3 Å². The number of hydrogen-bond acceptors (Lipinski definition) is 4. The molecule has 1 N–H and O–H groups in total. The Morgan fingerprint density at radius 1 is 1.29 bits per heavy atom. The van der Waals surface area contributed by atoms with Crippen LogP contribution in [0.1, 0.15) is 11.6 Å². The molecule has 0 aliphatic rings. The molecular weight excluding hydrogens is 266 g/mol. The number of carbonyl (C=O) groups is 1. The Morgan fingerprint density at radius 3 is 3.00 bits per heavy atom. The van der Waals surface area contributed by atoms with Crippen LogP contribution in [0.15, 0.2) is 53.1 Å². The van der Waals surface area contributed by atoms with E-state index >= 15 is 0 Å². The number of fused-ring (bicyclic) bond motifs is 1. The molecule has 5 nitrogen and oxygen atoms in total. The van der Waals surface area contributed by atoms with Crippen LogP contribution in [0, 0.1) is 6.92 Å². The molecule has 5 heteroatoms. The number of pyridine rings is 1. The second-order valence-electron chi connectivity index (χ2n) is 4.49. The van der Waals surface area contributed by atoms with Crippen molar-refractivity contribution >= 4 is 28.8 Å². The smallest absolute Gasteiger partial charge is 0.248 e. The lowest BCUT2D eigenvalue weighted by Crippen LogP contribution is -2.07. The Balaban J connectivity index is 1.72. The van der Waals surface area contributed by atoms with E-state index in [-0.39, 0.29) is 5.91 Å². The molecule has 0 radical (unpaired) electrons. The van der Waals surface area contributed by atoms with Gasteiger partial charge in [-0.1, -0.05) is 6.07 Å². The largest absolute Gasteiger partial charge is 0.441 e. The van der Waals surface area contributed by atoms with Crippen LogP contribution in [0.4, 0.5) is 5.69 Å². The third kappa shape index (κ3) is 3.14. The number of anilines is 1. The van der Waals surface area contributed by atoms with Gasteiger partial charge in [-0.05, 0) is 30.3 Å². The Kier molecular flexibility index (Phi) is 3.47. The normalized spacial score (nSPS) is 11.1. The van der Waals surface area contributed by atoms with Gasteiger partial charge in [0.2, 0.25) is 5.91 Å². The molecule has 0 unspecified atom stereocenters.